The van der Waals surface area contributed by atoms with E-state index in [9.17, 15) is 22.4 Å². The molecule has 1 rings (SSSR count). The van der Waals surface area contributed by atoms with E-state index < -0.39 is 40.0 Å². The summed E-state index contributed by atoms with van der Waals surface area (Å²) in [5.74, 6) is -10.2. The van der Waals surface area contributed by atoms with E-state index in [1.807, 2.05) is 0 Å². The third-order valence-electron chi connectivity index (χ3n) is 1.54. The molecule has 0 unspecified atom stereocenters. The third kappa shape index (κ3) is 2.01. The molecule has 0 saturated heterocycles. The standard InChI is InChI=1S/C9H3ClF4O2/c1-2-3(15)16-9-7(13)5(11)4(10)6(12)8(9)14/h2H,1H2. The van der Waals surface area contributed by atoms with Crippen molar-refractivity contribution in [2.75, 3.05) is 0 Å². The van der Waals surface area contributed by atoms with Crippen molar-refractivity contribution in [1.29, 1.82) is 0 Å². The normalized spacial score (nSPS) is 10.1. The molecule has 0 fully saturated rings. The molecule has 2 nitrogen and oxygen atoms in total. The van der Waals surface area contributed by atoms with E-state index in [0.29, 0.717) is 6.08 Å². The van der Waals surface area contributed by atoms with Gasteiger partial charge in [-0.15, -0.1) is 0 Å². The number of carbonyl (C=O) groups excluding carboxylic acids is 1. The summed E-state index contributed by atoms with van der Waals surface area (Å²) < 4.78 is 55.8. The Bertz CT molecular complexity index is 444. The van der Waals surface area contributed by atoms with Gasteiger partial charge in [-0.3, -0.25) is 0 Å². The average molecular weight is 255 g/mol. The zero-order valence-electron chi connectivity index (χ0n) is 7.49. The molecular weight excluding hydrogens is 252 g/mol. The van der Waals surface area contributed by atoms with Crippen LogP contribution < -0.4 is 4.74 Å². The summed E-state index contributed by atoms with van der Waals surface area (Å²) in [5.41, 5.74) is 0. The SMILES string of the molecule is C=CC(=O)Oc1c(F)c(F)c(Cl)c(F)c1F. The summed E-state index contributed by atoms with van der Waals surface area (Å²) in [6.07, 6.45) is 0.573. The van der Waals surface area contributed by atoms with E-state index >= 15 is 0 Å². The number of esters is 1. The summed E-state index contributed by atoms with van der Waals surface area (Å²) in [4.78, 5) is 10.6. The number of ether oxygens (including phenoxy) is 1. The molecule has 0 atom stereocenters. The molecule has 1 aromatic rings. The van der Waals surface area contributed by atoms with Crippen molar-refractivity contribution in [1.82, 2.24) is 0 Å². The lowest BCUT2D eigenvalue weighted by Crippen LogP contribution is -2.09. The van der Waals surface area contributed by atoms with E-state index in [1.165, 1.54) is 0 Å². The summed E-state index contributed by atoms with van der Waals surface area (Å²) in [5, 5.41) is -1.35. The number of rotatable bonds is 2. The van der Waals surface area contributed by atoms with Crippen LogP contribution in [-0.2, 0) is 4.79 Å². The molecule has 0 heterocycles. The van der Waals surface area contributed by atoms with Crippen molar-refractivity contribution in [2.45, 2.75) is 0 Å². The predicted octanol–water partition coefficient (Wildman–Crippen LogP) is 2.99. The van der Waals surface area contributed by atoms with Crippen LogP contribution in [0, 0.1) is 23.3 Å². The fraction of sp³-hybridized carbons (Fsp3) is 0. The largest absolute Gasteiger partial charge is 0.417 e. The second kappa shape index (κ2) is 4.52. The van der Waals surface area contributed by atoms with Crippen molar-refractivity contribution in [2.24, 2.45) is 0 Å². The molecule has 1 aromatic carbocycles. The highest BCUT2D eigenvalue weighted by Crippen LogP contribution is 2.32. The maximum atomic E-state index is 13.0. The second-order valence-electron chi connectivity index (χ2n) is 2.52. The van der Waals surface area contributed by atoms with E-state index in [1.54, 1.807) is 0 Å². The van der Waals surface area contributed by atoms with E-state index in [2.05, 4.69) is 11.3 Å². The first kappa shape index (κ1) is 12.5. The highest BCUT2D eigenvalue weighted by Gasteiger charge is 2.26. The van der Waals surface area contributed by atoms with Crippen LogP contribution in [0.15, 0.2) is 12.7 Å². The average Bonchev–Trinajstić information content (AvgIpc) is 2.29. The number of carbonyl (C=O) groups is 1. The van der Waals surface area contributed by atoms with Gasteiger partial charge in [0.15, 0.2) is 11.6 Å². The maximum Gasteiger partial charge on any atom is 0.335 e. The van der Waals surface area contributed by atoms with Crippen LogP contribution in [0.2, 0.25) is 5.02 Å². The van der Waals surface area contributed by atoms with Crippen LogP contribution in [0.3, 0.4) is 0 Å². The van der Waals surface area contributed by atoms with Crippen LogP contribution in [0.5, 0.6) is 5.75 Å². The summed E-state index contributed by atoms with van der Waals surface area (Å²) in [6.45, 7) is 2.95. The van der Waals surface area contributed by atoms with Gasteiger partial charge in [0.25, 0.3) is 0 Å². The van der Waals surface area contributed by atoms with Gasteiger partial charge in [-0.2, -0.15) is 8.78 Å². The Morgan fingerprint density at radius 2 is 1.56 bits per heavy atom. The highest BCUT2D eigenvalue weighted by atomic mass is 35.5. The van der Waals surface area contributed by atoms with Crippen LogP contribution in [0.25, 0.3) is 0 Å². The van der Waals surface area contributed by atoms with E-state index in [4.69, 9.17) is 11.6 Å². The number of hydrogen-bond acceptors (Lipinski definition) is 2. The zero-order valence-corrected chi connectivity index (χ0v) is 8.25. The van der Waals surface area contributed by atoms with Crippen molar-refractivity contribution in [3.8, 4) is 5.75 Å². The highest BCUT2D eigenvalue weighted by molar-refractivity contribution is 6.30. The smallest absolute Gasteiger partial charge is 0.335 e. The van der Waals surface area contributed by atoms with Gasteiger partial charge in [0.05, 0.1) is 0 Å². The van der Waals surface area contributed by atoms with Gasteiger partial charge in [-0.1, -0.05) is 18.2 Å². The number of hydrogen-bond donors (Lipinski definition) is 0. The minimum absolute atomic E-state index is 0.573. The first-order chi connectivity index (χ1) is 7.40. The molecule has 0 aliphatic carbocycles. The van der Waals surface area contributed by atoms with Crippen LogP contribution >= 0.6 is 11.6 Å². The van der Waals surface area contributed by atoms with Gasteiger partial charge in [0.2, 0.25) is 17.4 Å². The molecule has 0 aromatic heterocycles. The second-order valence-corrected chi connectivity index (χ2v) is 2.90. The molecule has 0 aliphatic rings. The van der Waals surface area contributed by atoms with E-state index in [0.717, 1.165) is 0 Å². The van der Waals surface area contributed by atoms with Crippen molar-refractivity contribution >= 4 is 17.6 Å². The minimum Gasteiger partial charge on any atom is -0.417 e. The molecule has 7 heteroatoms. The lowest BCUT2D eigenvalue weighted by Gasteiger charge is -2.07. The minimum atomic E-state index is -1.89. The first-order valence-corrected chi connectivity index (χ1v) is 4.13. The van der Waals surface area contributed by atoms with Crippen LogP contribution in [0.1, 0.15) is 0 Å². The Morgan fingerprint density at radius 1 is 1.12 bits per heavy atom. The maximum absolute atomic E-state index is 13.0. The monoisotopic (exact) mass is 254 g/mol. The van der Waals surface area contributed by atoms with Crippen molar-refractivity contribution < 1.29 is 27.1 Å². The van der Waals surface area contributed by atoms with Gasteiger partial charge in [0, 0.05) is 6.08 Å². The molecule has 0 aliphatic heterocycles. The fourth-order valence-electron chi connectivity index (χ4n) is 0.817. The summed E-state index contributed by atoms with van der Waals surface area (Å²) >= 11 is 4.94. The Hall–Kier alpha value is -1.56. The lowest BCUT2D eigenvalue weighted by molar-refractivity contribution is -0.129. The summed E-state index contributed by atoms with van der Waals surface area (Å²) in [7, 11) is 0. The molecule has 0 saturated carbocycles. The predicted molar refractivity (Wildman–Crippen MR) is 47.1 cm³/mol. The Kier molecular flexibility index (Phi) is 3.54. The van der Waals surface area contributed by atoms with Crippen molar-refractivity contribution in [3.63, 3.8) is 0 Å². The lowest BCUT2D eigenvalue weighted by atomic mass is 10.3. The molecule has 0 spiro atoms. The topological polar surface area (TPSA) is 26.3 Å². The quantitative estimate of drug-likeness (QED) is 0.203. The van der Waals surface area contributed by atoms with Crippen LogP contribution in [0.4, 0.5) is 17.6 Å². The molecule has 86 valence electrons. The molecular formula is C9H3ClF4O2. The molecule has 16 heavy (non-hydrogen) atoms. The Labute approximate surface area is 92.1 Å². The first-order valence-electron chi connectivity index (χ1n) is 3.75. The molecule has 0 radical (unpaired) electrons. The molecule has 0 bridgehead atoms. The fourth-order valence-corrected chi connectivity index (χ4v) is 0.983. The Morgan fingerprint density at radius 3 is 1.94 bits per heavy atom. The molecule has 0 N–H and O–H groups in total. The van der Waals surface area contributed by atoms with Gasteiger partial charge in [-0.05, 0) is 0 Å². The van der Waals surface area contributed by atoms with Gasteiger partial charge >= 0.3 is 5.97 Å². The molecule has 0 amide bonds. The van der Waals surface area contributed by atoms with Gasteiger partial charge < -0.3 is 4.74 Å². The van der Waals surface area contributed by atoms with Gasteiger partial charge in [-0.25, -0.2) is 13.6 Å². The Balaban J connectivity index is 3.39. The number of benzene rings is 1. The van der Waals surface area contributed by atoms with Crippen molar-refractivity contribution in [3.05, 3.63) is 40.9 Å². The zero-order chi connectivity index (χ0) is 12.5. The third-order valence-corrected chi connectivity index (χ3v) is 1.87. The summed E-state index contributed by atoms with van der Waals surface area (Å²) in [6, 6.07) is 0. The van der Waals surface area contributed by atoms with Gasteiger partial charge in [0.1, 0.15) is 5.02 Å². The van der Waals surface area contributed by atoms with Crippen LogP contribution in [-0.4, -0.2) is 5.97 Å². The number of halogens is 5. The van der Waals surface area contributed by atoms with E-state index in [-0.39, 0.29) is 0 Å².